The number of hydrogen-bond acceptors (Lipinski definition) is 8. The number of thiophene rings is 1. The van der Waals surface area contributed by atoms with E-state index in [2.05, 4.69) is 26.8 Å². The molecule has 3 rings (SSSR count). The molecule has 0 spiro atoms. The van der Waals surface area contributed by atoms with Crippen LogP contribution in [0.1, 0.15) is 25.7 Å². The van der Waals surface area contributed by atoms with Crippen molar-refractivity contribution in [1.29, 1.82) is 5.26 Å². The number of carbonyl (C=O) groups excluding carboxylic acids is 2. The highest BCUT2D eigenvalue weighted by atomic mass is 32.1. The fraction of sp³-hybridized carbons (Fsp3) is 0.467. The molecule has 0 atom stereocenters. The Balaban J connectivity index is 1.47. The van der Waals surface area contributed by atoms with Gasteiger partial charge in [0, 0.05) is 0 Å². The van der Waals surface area contributed by atoms with E-state index in [0.29, 0.717) is 18.7 Å². The van der Waals surface area contributed by atoms with Crippen LogP contribution in [0.2, 0.25) is 0 Å². The molecular weight excluding hydrogens is 344 g/mol. The number of nitriles is 1. The number of hydrogen-bond donors (Lipinski definition) is 1. The Kier molecular flexibility index (Phi) is 5.04. The molecule has 1 fully saturated rings. The van der Waals surface area contributed by atoms with Gasteiger partial charge in [0.1, 0.15) is 5.54 Å². The van der Waals surface area contributed by atoms with Crippen LogP contribution in [0.25, 0.3) is 10.7 Å². The van der Waals surface area contributed by atoms with Crippen molar-refractivity contribution >= 4 is 23.2 Å². The van der Waals surface area contributed by atoms with Crippen molar-refractivity contribution in [2.75, 3.05) is 6.61 Å². The highest BCUT2D eigenvalue weighted by Gasteiger charge is 2.35. The quantitative estimate of drug-likeness (QED) is 0.759. The molecule has 1 N–H and O–H groups in total. The van der Waals surface area contributed by atoms with E-state index in [4.69, 9.17) is 4.74 Å². The minimum absolute atomic E-state index is 0.241. The molecule has 9 nitrogen and oxygen atoms in total. The van der Waals surface area contributed by atoms with Gasteiger partial charge in [0.2, 0.25) is 5.82 Å². The normalized spacial score (nSPS) is 15.5. The van der Waals surface area contributed by atoms with Crippen LogP contribution in [0.5, 0.6) is 0 Å². The smallest absolute Gasteiger partial charge is 0.330 e. The lowest BCUT2D eigenvalue weighted by Crippen LogP contribution is -2.46. The average Bonchev–Trinajstić information content (AvgIpc) is 3.34. The number of esters is 1. The second-order valence-corrected chi connectivity index (χ2v) is 6.68. The molecule has 1 aliphatic rings. The molecule has 25 heavy (non-hydrogen) atoms. The molecule has 0 radical (unpaired) electrons. The van der Waals surface area contributed by atoms with Crippen LogP contribution in [0.4, 0.5) is 0 Å². The van der Waals surface area contributed by atoms with E-state index < -0.39 is 24.0 Å². The number of rotatable bonds is 6. The third kappa shape index (κ3) is 4.19. The van der Waals surface area contributed by atoms with Gasteiger partial charge in [-0.05, 0) is 42.3 Å². The summed E-state index contributed by atoms with van der Waals surface area (Å²) in [6.07, 6.45) is 3.05. The van der Waals surface area contributed by atoms with Crippen molar-refractivity contribution in [3.63, 3.8) is 0 Å². The van der Waals surface area contributed by atoms with Gasteiger partial charge < -0.3 is 10.1 Å². The van der Waals surface area contributed by atoms with Crippen molar-refractivity contribution in [2.24, 2.45) is 0 Å². The summed E-state index contributed by atoms with van der Waals surface area (Å²) in [6, 6.07) is 5.86. The van der Waals surface area contributed by atoms with Gasteiger partial charge in [-0.1, -0.05) is 6.07 Å². The Bertz CT molecular complexity index is 789. The van der Waals surface area contributed by atoms with E-state index in [9.17, 15) is 14.9 Å². The summed E-state index contributed by atoms with van der Waals surface area (Å²) >= 11 is 1.47. The Morgan fingerprint density at radius 2 is 2.24 bits per heavy atom. The zero-order chi connectivity index (χ0) is 17.7. The van der Waals surface area contributed by atoms with Gasteiger partial charge in [0.25, 0.3) is 5.91 Å². The highest BCUT2D eigenvalue weighted by Crippen LogP contribution is 2.28. The molecule has 10 heteroatoms. The second kappa shape index (κ2) is 7.40. The van der Waals surface area contributed by atoms with Gasteiger partial charge >= 0.3 is 5.97 Å². The molecule has 0 saturated heterocycles. The lowest BCUT2D eigenvalue weighted by Gasteiger charge is -2.21. The lowest BCUT2D eigenvalue weighted by molar-refractivity contribution is -0.149. The highest BCUT2D eigenvalue weighted by molar-refractivity contribution is 7.13. The molecule has 130 valence electrons. The molecular formula is C15H16N6O3S. The van der Waals surface area contributed by atoms with Crippen LogP contribution in [-0.4, -0.2) is 44.2 Å². The monoisotopic (exact) mass is 360 g/mol. The topological polar surface area (TPSA) is 123 Å². The Morgan fingerprint density at radius 1 is 1.44 bits per heavy atom. The summed E-state index contributed by atoms with van der Waals surface area (Å²) in [5.41, 5.74) is -0.827. The summed E-state index contributed by atoms with van der Waals surface area (Å²) in [6.45, 7) is -0.677. The van der Waals surface area contributed by atoms with Gasteiger partial charge in [-0.2, -0.15) is 10.1 Å². The Hall–Kier alpha value is -2.80. The number of nitrogens with zero attached hydrogens (tertiary/aromatic N) is 5. The Labute approximate surface area is 147 Å². The maximum absolute atomic E-state index is 11.9. The number of nitrogens with one attached hydrogen (secondary N) is 1. The van der Waals surface area contributed by atoms with E-state index in [0.717, 1.165) is 22.5 Å². The van der Waals surface area contributed by atoms with Gasteiger partial charge in [0.15, 0.2) is 13.2 Å². The number of aromatic nitrogens is 4. The first-order chi connectivity index (χ1) is 12.1. The largest absolute Gasteiger partial charge is 0.454 e. The van der Waals surface area contributed by atoms with Crippen LogP contribution >= 0.6 is 11.3 Å². The summed E-state index contributed by atoms with van der Waals surface area (Å²) in [4.78, 5) is 25.7. The van der Waals surface area contributed by atoms with Gasteiger partial charge in [-0.3, -0.25) is 4.79 Å². The molecule has 0 bridgehead atoms. The maximum Gasteiger partial charge on any atom is 0.330 e. The van der Waals surface area contributed by atoms with Crippen molar-refractivity contribution in [2.45, 2.75) is 37.8 Å². The van der Waals surface area contributed by atoms with Gasteiger partial charge in [-0.15, -0.1) is 21.5 Å². The average molecular weight is 360 g/mol. The lowest BCUT2D eigenvalue weighted by atomic mass is 10.00. The summed E-state index contributed by atoms with van der Waals surface area (Å²) in [7, 11) is 0. The van der Waals surface area contributed by atoms with E-state index in [-0.39, 0.29) is 6.54 Å². The summed E-state index contributed by atoms with van der Waals surface area (Å²) < 4.78 is 4.92. The zero-order valence-electron chi connectivity index (χ0n) is 13.3. The molecule has 0 aliphatic heterocycles. The molecule has 2 aromatic heterocycles. The summed E-state index contributed by atoms with van der Waals surface area (Å²) in [5.74, 6) is -0.705. The van der Waals surface area contributed by atoms with Crippen molar-refractivity contribution in [3.8, 4) is 16.8 Å². The molecule has 0 unspecified atom stereocenters. The van der Waals surface area contributed by atoms with Crippen LogP contribution < -0.4 is 5.32 Å². The molecule has 0 aromatic carbocycles. The van der Waals surface area contributed by atoms with Gasteiger partial charge in [-0.25, -0.2) is 4.79 Å². The molecule has 1 aliphatic carbocycles. The van der Waals surface area contributed by atoms with Crippen molar-refractivity contribution in [3.05, 3.63) is 17.5 Å². The van der Waals surface area contributed by atoms with E-state index >= 15 is 0 Å². The maximum atomic E-state index is 11.9. The SMILES string of the molecule is N#CC1(NC(=O)COC(=O)Cn2nnc(-c3cccs3)n2)CCCC1. The fourth-order valence-corrected chi connectivity index (χ4v) is 3.32. The van der Waals surface area contributed by atoms with E-state index in [1.165, 1.54) is 11.3 Å². The van der Waals surface area contributed by atoms with Crippen molar-refractivity contribution < 1.29 is 14.3 Å². The second-order valence-electron chi connectivity index (χ2n) is 5.73. The van der Waals surface area contributed by atoms with Crippen LogP contribution in [0, 0.1) is 11.3 Å². The summed E-state index contributed by atoms with van der Waals surface area (Å²) in [5, 5.41) is 25.5. The zero-order valence-corrected chi connectivity index (χ0v) is 14.2. The van der Waals surface area contributed by atoms with E-state index in [1.807, 2.05) is 17.5 Å². The fourth-order valence-electron chi connectivity index (χ4n) is 2.67. The van der Waals surface area contributed by atoms with Crippen LogP contribution in [-0.2, 0) is 20.9 Å². The first kappa shape index (κ1) is 17.0. The predicted molar refractivity (Wildman–Crippen MR) is 87.0 cm³/mol. The minimum Gasteiger partial charge on any atom is -0.454 e. The van der Waals surface area contributed by atoms with E-state index in [1.54, 1.807) is 0 Å². The number of tetrazole rings is 1. The first-order valence-electron chi connectivity index (χ1n) is 7.80. The third-order valence-electron chi connectivity index (χ3n) is 3.88. The molecule has 1 saturated carbocycles. The predicted octanol–water partition coefficient (Wildman–Crippen LogP) is 0.897. The molecule has 2 aromatic rings. The minimum atomic E-state index is -0.827. The van der Waals surface area contributed by atoms with Crippen LogP contribution in [0.15, 0.2) is 17.5 Å². The van der Waals surface area contributed by atoms with Crippen molar-refractivity contribution in [1.82, 2.24) is 25.5 Å². The van der Waals surface area contributed by atoms with Crippen LogP contribution in [0.3, 0.4) is 0 Å². The first-order valence-corrected chi connectivity index (χ1v) is 8.68. The Morgan fingerprint density at radius 3 is 2.92 bits per heavy atom. The number of amides is 1. The molecule has 2 heterocycles. The number of carbonyl (C=O) groups is 2. The molecule has 1 amide bonds. The van der Waals surface area contributed by atoms with Gasteiger partial charge in [0.05, 0.1) is 10.9 Å². The third-order valence-corrected chi connectivity index (χ3v) is 4.74. The standard InChI is InChI=1S/C15H16N6O3S/c16-10-15(5-1-2-6-15)17-12(22)9-24-13(23)8-21-19-14(18-20-21)11-4-3-7-25-11/h3-4,7H,1-2,5-6,8-9H2,(H,17,22). The number of ether oxygens (including phenoxy) is 1.